The van der Waals surface area contributed by atoms with E-state index in [2.05, 4.69) is 15.9 Å². The number of ketones is 1. The van der Waals surface area contributed by atoms with Crippen LogP contribution in [0.4, 0.5) is 5.69 Å². The third-order valence-electron chi connectivity index (χ3n) is 3.20. The molecule has 104 valence electrons. The molecule has 0 heterocycles. The first kappa shape index (κ1) is 14.6. The molecule has 0 aliphatic carbocycles. The number of carbonyl (C=O) groups excluding carboxylic acids is 1. The summed E-state index contributed by atoms with van der Waals surface area (Å²) in [6.07, 6.45) is 0.321. The fourth-order valence-corrected chi connectivity index (χ4v) is 2.32. The third-order valence-corrected chi connectivity index (χ3v) is 3.97. The molecule has 2 aromatic carbocycles. The Hall–Kier alpha value is -1.81. The molecule has 0 saturated carbocycles. The van der Waals surface area contributed by atoms with Crippen molar-refractivity contribution in [3.63, 3.8) is 0 Å². The third kappa shape index (κ3) is 3.20. The number of hydrogen-bond donors (Lipinski definition) is 1. The lowest BCUT2D eigenvalue weighted by Crippen LogP contribution is -2.05. The predicted octanol–water partition coefficient (Wildman–Crippen LogP) is 3.77. The van der Waals surface area contributed by atoms with E-state index >= 15 is 0 Å². The lowest BCUT2D eigenvalue weighted by atomic mass is 10.0. The highest BCUT2D eigenvalue weighted by Gasteiger charge is 2.11. The molecule has 0 fully saturated rings. The molecule has 20 heavy (non-hydrogen) atoms. The number of nitrogen functional groups attached to an aromatic ring is 1. The van der Waals surface area contributed by atoms with E-state index in [1.807, 2.05) is 31.2 Å². The van der Waals surface area contributed by atoms with Crippen molar-refractivity contribution in [3.8, 4) is 5.75 Å². The van der Waals surface area contributed by atoms with Crippen molar-refractivity contribution in [2.45, 2.75) is 13.3 Å². The number of rotatable bonds is 4. The Morgan fingerprint density at radius 1 is 1.25 bits per heavy atom. The fraction of sp³-hybridized carbons (Fsp3) is 0.188. The van der Waals surface area contributed by atoms with E-state index in [-0.39, 0.29) is 5.78 Å². The van der Waals surface area contributed by atoms with Crippen molar-refractivity contribution >= 4 is 27.4 Å². The molecule has 0 aromatic heterocycles. The number of Topliss-reactive ketones (excluding diaryl/α,β-unsaturated/α-hetero) is 1. The summed E-state index contributed by atoms with van der Waals surface area (Å²) in [6, 6.07) is 11.0. The zero-order valence-corrected chi connectivity index (χ0v) is 13.0. The molecule has 0 spiro atoms. The van der Waals surface area contributed by atoms with Gasteiger partial charge < -0.3 is 10.5 Å². The first-order chi connectivity index (χ1) is 9.51. The maximum atomic E-state index is 12.3. The van der Waals surface area contributed by atoms with Gasteiger partial charge in [0, 0.05) is 22.1 Å². The van der Waals surface area contributed by atoms with E-state index in [1.165, 1.54) is 0 Å². The largest absolute Gasteiger partial charge is 0.497 e. The van der Waals surface area contributed by atoms with Crippen molar-refractivity contribution in [1.29, 1.82) is 0 Å². The van der Waals surface area contributed by atoms with Crippen LogP contribution in [-0.2, 0) is 6.42 Å². The molecule has 0 saturated heterocycles. The number of methoxy groups -OCH3 is 1. The highest BCUT2D eigenvalue weighted by molar-refractivity contribution is 9.10. The second-order valence-electron chi connectivity index (χ2n) is 4.63. The molecular weight excluding hydrogens is 318 g/mol. The summed E-state index contributed by atoms with van der Waals surface area (Å²) in [4.78, 5) is 12.3. The number of aryl methyl sites for hydroxylation is 1. The Morgan fingerprint density at radius 2 is 2.00 bits per heavy atom. The van der Waals surface area contributed by atoms with Gasteiger partial charge in [-0.25, -0.2) is 0 Å². The number of hydrogen-bond acceptors (Lipinski definition) is 3. The van der Waals surface area contributed by atoms with Crippen molar-refractivity contribution in [2.75, 3.05) is 12.8 Å². The van der Waals surface area contributed by atoms with E-state index in [9.17, 15) is 4.79 Å². The predicted molar refractivity (Wildman–Crippen MR) is 84.3 cm³/mol. The van der Waals surface area contributed by atoms with Gasteiger partial charge in [0.25, 0.3) is 0 Å². The number of halogens is 1. The fourth-order valence-electron chi connectivity index (χ4n) is 1.94. The smallest absolute Gasteiger partial charge is 0.167 e. The van der Waals surface area contributed by atoms with Crippen LogP contribution in [0.5, 0.6) is 5.75 Å². The summed E-state index contributed by atoms with van der Waals surface area (Å²) < 4.78 is 6.08. The van der Waals surface area contributed by atoms with Crippen molar-refractivity contribution < 1.29 is 9.53 Å². The minimum Gasteiger partial charge on any atom is -0.497 e. The number of nitrogens with two attached hydrogens (primary N) is 1. The minimum absolute atomic E-state index is 0.0575. The molecule has 0 radical (unpaired) electrons. The van der Waals surface area contributed by atoms with E-state index in [4.69, 9.17) is 10.5 Å². The Balaban J connectivity index is 2.25. The minimum atomic E-state index is 0.0575. The van der Waals surface area contributed by atoms with Gasteiger partial charge in [0.15, 0.2) is 5.78 Å². The molecule has 3 nitrogen and oxygen atoms in total. The van der Waals surface area contributed by atoms with Gasteiger partial charge in [0.05, 0.1) is 7.11 Å². The van der Waals surface area contributed by atoms with Crippen LogP contribution in [0.1, 0.15) is 21.5 Å². The molecule has 0 aliphatic rings. The van der Waals surface area contributed by atoms with Gasteiger partial charge in [-0.3, -0.25) is 4.79 Å². The van der Waals surface area contributed by atoms with E-state index in [1.54, 1.807) is 19.2 Å². The Labute approximate surface area is 126 Å². The van der Waals surface area contributed by atoms with Gasteiger partial charge in [-0.05, 0) is 54.4 Å². The quantitative estimate of drug-likeness (QED) is 0.684. The monoisotopic (exact) mass is 333 g/mol. The standard InChI is InChI=1S/C16H16BrNO2/c1-10-7-11(3-6-15(10)18)16(19)9-12-8-13(20-2)4-5-14(12)17/h3-8H,9,18H2,1-2H3. The van der Waals surface area contributed by atoms with Gasteiger partial charge in [-0.1, -0.05) is 15.9 Å². The average Bonchev–Trinajstić information content (AvgIpc) is 2.44. The summed E-state index contributed by atoms with van der Waals surface area (Å²) in [5, 5.41) is 0. The molecule has 0 amide bonds. The number of benzene rings is 2. The first-order valence-electron chi connectivity index (χ1n) is 6.23. The maximum Gasteiger partial charge on any atom is 0.167 e. The Bertz CT molecular complexity index is 653. The number of carbonyl (C=O) groups is 1. The topological polar surface area (TPSA) is 52.3 Å². The number of ether oxygens (including phenoxy) is 1. The normalized spacial score (nSPS) is 10.3. The van der Waals surface area contributed by atoms with Crippen LogP contribution < -0.4 is 10.5 Å². The van der Waals surface area contributed by atoms with Crippen LogP contribution in [0.15, 0.2) is 40.9 Å². The Morgan fingerprint density at radius 3 is 2.65 bits per heavy atom. The second-order valence-corrected chi connectivity index (χ2v) is 5.48. The Kier molecular flexibility index (Phi) is 4.45. The molecule has 2 rings (SSSR count). The zero-order valence-electron chi connectivity index (χ0n) is 11.4. The van der Waals surface area contributed by atoms with Gasteiger partial charge in [0.1, 0.15) is 5.75 Å². The van der Waals surface area contributed by atoms with Crippen LogP contribution in [0.2, 0.25) is 0 Å². The summed E-state index contributed by atoms with van der Waals surface area (Å²) in [7, 11) is 1.61. The summed E-state index contributed by atoms with van der Waals surface area (Å²) >= 11 is 3.46. The van der Waals surface area contributed by atoms with Gasteiger partial charge in [-0.15, -0.1) is 0 Å². The van der Waals surface area contributed by atoms with Crippen molar-refractivity contribution in [2.24, 2.45) is 0 Å². The molecular formula is C16H16BrNO2. The number of anilines is 1. The highest BCUT2D eigenvalue weighted by atomic mass is 79.9. The summed E-state index contributed by atoms with van der Waals surface area (Å²) in [5.41, 5.74) is 8.96. The van der Waals surface area contributed by atoms with Crippen LogP contribution in [0.25, 0.3) is 0 Å². The maximum absolute atomic E-state index is 12.3. The highest BCUT2D eigenvalue weighted by Crippen LogP contribution is 2.24. The van der Waals surface area contributed by atoms with E-state index in [0.717, 1.165) is 21.3 Å². The van der Waals surface area contributed by atoms with E-state index in [0.29, 0.717) is 17.7 Å². The van der Waals surface area contributed by atoms with Crippen LogP contribution in [-0.4, -0.2) is 12.9 Å². The second kappa shape index (κ2) is 6.09. The SMILES string of the molecule is COc1ccc(Br)c(CC(=O)c2ccc(N)c(C)c2)c1. The van der Waals surface area contributed by atoms with Gasteiger partial charge in [-0.2, -0.15) is 0 Å². The lowest BCUT2D eigenvalue weighted by Gasteiger charge is -2.08. The molecule has 0 atom stereocenters. The van der Waals surface area contributed by atoms with Crippen LogP contribution in [0.3, 0.4) is 0 Å². The molecule has 0 unspecified atom stereocenters. The lowest BCUT2D eigenvalue weighted by molar-refractivity contribution is 0.0992. The summed E-state index contributed by atoms with van der Waals surface area (Å²) in [6.45, 7) is 1.90. The van der Waals surface area contributed by atoms with Crippen LogP contribution >= 0.6 is 15.9 Å². The van der Waals surface area contributed by atoms with Gasteiger partial charge in [0.2, 0.25) is 0 Å². The van der Waals surface area contributed by atoms with Crippen LogP contribution in [0, 0.1) is 6.92 Å². The zero-order chi connectivity index (χ0) is 14.7. The molecule has 2 N–H and O–H groups in total. The molecule has 0 bridgehead atoms. The first-order valence-corrected chi connectivity index (χ1v) is 7.02. The molecule has 0 aliphatic heterocycles. The van der Waals surface area contributed by atoms with Crippen molar-refractivity contribution in [3.05, 3.63) is 57.6 Å². The van der Waals surface area contributed by atoms with Gasteiger partial charge >= 0.3 is 0 Å². The summed E-state index contributed by atoms with van der Waals surface area (Å²) in [5.74, 6) is 0.798. The molecule has 2 aromatic rings. The molecule has 4 heteroatoms. The average molecular weight is 334 g/mol. The van der Waals surface area contributed by atoms with E-state index < -0.39 is 0 Å². The van der Waals surface area contributed by atoms with Crippen molar-refractivity contribution in [1.82, 2.24) is 0 Å².